The number of amides is 1. The van der Waals surface area contributed by atoms with Gasteiger partial charge in [-0.25, -0.2) is 9.50 Å². The van der Waals surface area contributed by atoms with Crippen molar-refractivity contribution in [2.24, 2.45) is 0 Å². The number of nitrogens with zero attached hydrogens (tertiary/aromatic N) is 3. The quantitative estimate of drug-likeness (QED) is 0.698. The Bertz CT molecular complexity index is 1100. The van der Waals surface area contributed by atoms with Crippen LogP contribution in [0.4, 0.5) is 0 Å². The van der Waals surface area contributed by atoms with Crippen LogP contribution in [0, 0.1) is 13.8 Å². The minimum absolute atomic E-state index is 0.113. The molecule has 2 heterocycles. The molecule has 152 valence electrons. The highest BCUT2D eigenvalue weighted by Crippen LogP contribution is 2.30. The molecule has 1 aliphatic rings. The van der Waals surface area contributed by atoms with Crippen LogP contribution >= 0.6 is 0 Å². The van der Waals surface area contributed by atoms with Crippen molar-refractivity contribution in [1.82, 2.24) is 19.5 Å². The van der Waals surface area contributed by atoms with Gasteiger partial charge in [0.25, 0.3) is 5.56 Å². The molecule has 0 aliphatic heterocycles. The second-order valence-electron chi connectivity index (χ2n) is 8.40. The largest absolute Gasteiger partial charge is 0.335 e. The fourth-order valence-corrected chi connectivity index (χ4v) is 3.88. The van der Waals surface area contributed by atoms with Crippen molar-refractivity contribution in [3.05, 3.63) is 68.8 Å². The Balaban J connectivity index is 1.57. The zero-order valence-corrected chi connectivity index (χ0v) is 17.5. The summed E-state index contributed by atoms with van der Waals surface area (Å²) in [7, 11) is 0. The van der Waals surface area contributed by atoms with Crippen LogP contribution in [0.5, 0.6) is 0 Å². The Morgan fingerprint density at radius 2 is 1.93 bits per heavy atom. The second-order valence-corrected chi connectivity index (χ2v) is 8.40. The highest BCUT2D eigenvalue weighted by atomic mass is 16.2. The molecule has 1 amide bonds. The molecule has 0 radical (unpaired) electrons. The lowest BCUT2D eigenvalue weighted by atomic mass is 10.0. The van der Waals surface area contributed by atoms with Crippen LogP contribution in [-0.2, 0) is 17.8 Å². The number of H-pyrrole nitrogens is 1. The Morgan fingerprint density at radius 3 is 2.55 bits per heavy atom. The molecule has 4 rings (SSSR count). The van der Waals surface area contributed by atoms with Gasteiger partial charge in [0.15, 0.2) is 5.65 Å². The molecule has 0 saturated heterocycles. The summed E-state index contributed by atoms with van der Waals surface area (Å²) in [6.07, 6.45) is 2.42. The SMILES string of the molecule is Cc1nc2cc(=O)[nH]n2c(C)c1CC(=O)N(Cc1ccc(C(C)C)cc1)C1CC1. The summed E-state index contributed by atoms with van der Waals surface area (Å²) in [5.74, 6) is 0.612. The molecule has 2 aromatic heterocycles. The third-order valence-electron chi connectivity index (χ3n) is 5.84. The molecule has 0 bridgehead atoms. The maximum absolute atomic E-state index is 13.2. The topological polar surface area (TPSA) is 70.5 Å². The van der Waals surface area contributed by atoms with Gasteiger partial charge < -0.3 is 4.90 Å². The Morgan fingerprint density at radius 1 is 1.24 bits per heavy atom. The molecule has 1 saturated carbocycles. The number of hydrogen-bond donors (Lipinski definition) is 1. The molecule has 6 heteroatoms. The summed E-state index contributed by atoms with van der Waals surface area (Å²) in [5.41, 5.74) is 5.41. The van der Waals surface area contributed by atoms with Crippen LogP contribution < -0.4 is 5.56 Å². The number of hydrogen-bond acceptors (Lipinski definition) is 3. The molecule has 6 nitrogen and oxygen atoms in total. The van der Waals surface area contributed by atoms with Crippen LogP contribution in [0.3, 0.4) is 0 Å². The summed E-state index contributed by atoms with van der Waals surface area (Å²) < 4.78 is 1.67. The fraction of sp³-hybridized carbons (Fsp3) is 0.435. The first-order valence-electron chi connectivity index (χ1n) is 10.3. The lowest BCUT2D eigenvalue weighted by Gasteiger charge is -2.24. The summed E-state index contributed by atoms with van der Waals surface area (Å²) in [6, 6.07) is 10.4. The van der Waals surface area contributed by atoms with Gasteiger partial charge in [0.2, 0.25) is 5.91 Å². The van der Waals surface area contributed by atoms with Crippen molar-refractivity contribution in [3.63, 3.8) is 0 Å². The molecule has 0 atom stereocenters. The number of fused-ring (bicyclic) bond motifs is 1. The number of rotatable bonds is 6. The van der Waals surface area contributed by atoms with Crippen molar-refractivity contribution < 1.29 is 4.79 Å². The smallest absolute Gasteiger partial charge is 0.266 e. The molecule has 0 spiro atoms. The van der Waals surface area contributed by atoms with Crippen molar-refractivity contribution in [2.75, 3.05) is 0 Å². The number of nitrogens with one attached hydrogen (secondary N) is 1. The van der Waals surface area contributed by atoms with E-state index in [1.54, 1.807) is 4.52 Å². The van der Waals surface area contributed by atoms with Gasteiger partial charge in [-0.2, -0.15) is 0 Å². The maximum atomic E-state index is 13.2. The predicted octanol–water partition coefficient (Wildman–Crippen LogP) is 3.50. The van der Waals surface area contributed by atoms with E-state index >= 15 is 0 Å². The minimum atomic E-state index is -0.187. The summed E-state index contributed by atoms with van der Waals surface area (Å²) in [5, 5.41) is 2.76. The van der Waals surface area contributed by atoms with E-state index in [9.17, 15) is 9.59 Å². The Kier molecular flexibility index (Phi) is 5.03. The van der Waals surface area contributed by atoms with Crippen LogP contribution in [0.25, 0.3) is 5.65 Å². The number of carbonyl (C=O) groups excluding carboxylic acids is 1. The van der Waals surface area contributed by atoms with Crippen molar-refractivity contribution in [2.45, 2.75) is 65.5 Å². The first-order chi connectivity index (χ1) is 13.8. The Hall–Kier alpha value is -2.89. The minimum Gasteiger partial charge on any atom is -0.335 e. The molecular formula is C23H28N4O2. The zero-order valence-electron chi connectivity index (χ0n) is 17.5. The van der Waals surface area contributed by atoms with Gasteiger partial charge >= 0.3 is 0 Å². The first-order valence-corrected chi connectivity index (χ1v) is 10.3. The number of aromatic nitrogens is 3. The number of aryl methyl sites for hydroxylation is 2. The monoisotopic (exact) mass is 392 g/mol. The first kappa shape index (κ1) is 19.4. The van der Waals surface area contributed by atoms with Gasteiger partial charge in [0.1, 0.15) is 0 Å². The molecule has 29 heavy (non-hydrogen) atoms. The second kappa shape index (κ2) is 7.50. The van der Waals surface area contributed by atoms with Crippen LogP contribution in [0.2, 0.25) is 0 Å². The molecular weight excluding hydrogens is 364 g/mol. The van der Waals surface area contributed by atoms with Gasteiger partial charge in [-0.1, -0.05) is 38.1 Å². The predicted molar refractivity (Wildman–Crippen MR) is 113 cm³/mol. The van der Waals surface area contributed by atoms with Crippen LogP contribution in [-0.4, -0.2) is 31.4 Å². The van der Waals surface area contributed by atoms with Gasteiger partial charge in [-0.05, 0) is 43.7 Å². The summed E-state index contributed by atoms with van der Waals surface area (Å²) >= 11 is 0. The van der Waals surface area contributed by atoms with Crippen molar-refractivity contribution >= 4 is 11.6 Å². The average Bonchev–Trinajstić information content (AvgIpc) is 3.45. The molecule has 1 aromatic carbocycles. The number of carbonyl (C=O) groups is 1. The normalized spacial score (nSPS) is 14.0. The third kappa shape index (κ3) is 3.97. The zero-order chi connectivity index (χ0) is 20.7. The lowest BCUT2D eigenvalue weighted by molar-refractivity contribution is -0.131. The summed E-state index contributed by atoms with van der Waals surface area (Å²) in [4.78, 5) is 31.4. The van der Waals surface area contributed by atoms with Gasteiger partial charge in [-0.3, -0.25) is 14.7 Å². The van der Waals surface area contributed by atoms with Crippen LogP contribution in [0.1, 0.15) is 60.7 Å². The number of benzene rings is 1. The summed E-state index contributed by atoms with van der Waals surface area (Å²) in [6.45, 7) is 8.83. The third-order valence-corrected chi connectivity index (χ3v) is 5.84. The number of aromatic amines is 1. The van der Waals surface area contributed by atoms with Gasteiger partial charge in [0.05, 0.1) is 6.42 Å². The van der Waals surface area contributed by atoms with E-state index in [4.69, 9.17) is 0 Å². The molecule has 1 fully saturated rings. The maximum Gasteiger partial charge on any atom is 0.266 e. The van der Waals surface area contributed by atoms with E-state index in [1.807, 2.05) is 18.7 Å². The van der Waals surface area contributed by atoms with E-state index < -0.39 is 0 Å². The molecule has 1 N–H and O–H groups in total. The highest BCUT2D eigenvalue weighted by Gasteiger charge is 2.33. The van der Waals surface area contributed by atoms with E-state index in [-0.39, 0.29) is 11.5 Å². The van der Waals surface area contributed by atoms with Crippen LogP contribution in [0.15, 0.2) is 35.1 Å². The van der Waals surface area contributed by atoms with E-state index in [0.717, 1.165) is 35.4 Å². The lowest BCUT2D eigenvalue weighted by Crippen LogP contribution is -2.34. The fourth-order valence-electron chi connectivity index (χ4n) is 3.88. The average molecular weight is 393 g/mol. The Labute approximate surface area is 170 Å². The molecule has 0 unspecified atom stereocenters. The van der Waals surface area contributed by atoms with Crippen molar-refractivity contribution in [3.8, 4) is 0 Å². The standard InChI is InChI=1S/C23H28N4O2/c1-14(2)18-7-5-17(6-8-18)13-26(19-9-10-19)23(29)11-20-15(3)24-21-12-22(28)25-27(21)16(20)4/h5-8,12,14,19H,9-11,13H2,1-4H3,(H,25,28). The molecule has 1 aliphatic carbocycles. The van der Waals surface area contributed by atoms with Gasteiger partial charge in [-0.15, -0.1) is 0 Å². The highest BCUT2D eigenvalue weighted by molar-refractivity contribution is 5.80. The van der Waals surface area contributed by atoms with E-state index in [2.05, 4.69) is 48.2 Å². The van der Waals surface area contributed by atoms with Gasteiger partial charge in [0, 0.05) is 35.6 Å². The van der Waals surface area contributed by atoms with E-state index in [1.165, 1.54) is 11.6 Å². The molecule has 3 aromatic rings. The van der Waals surface area contributed by atoms with E-state index in [0.29, 0.717) is 30.6 Å². The van der Waals surface area contributed by atoms with Crippen molar-refractivity contribution in [1.29, 1.82) is 0 Å².